The number of aromatic nitrogens is 4. The van der Waals surface area contributed by atoms with E-state index in [1.54, 1.807) is 17.8 Å². The van der Waals surface area contributed by atoms with Gasteiger partial charge in [0.15, 0.2) is 5.82 Å². The molecule has 2 fully saturated rings. The number of halogens is 1. The normalized spacial score (nSPS) is 21.3. The van der Waals surface area contributed by atoms with Crippen LogP contribution in [0.5, 0.6) is 5.75 Å². The fourth-order valence-corrected chi connectivity index (χ4v) is 4.50. The SMILES string of the molecule is CN1CCCC(Oc2cc(B3OC(C)(C)C(C)(C)O3)ccc2Nc2nc(-c3ccc(F)nc3)nn2C)C1. The van der Waals surface area contributed by atoms with E-state index in [2.05, 4.69) is 32.3 Å². The topological polar surface area (TPSA) is 86.6 Å². The van der Waals surface area contributed by atoms with Crippen LogP contribution < -0.4 is 15.5 Å². The molecule has 0 amide bonds. The lowest BCUT2D eigenvalue weighted by Crippen LogP contribution is -2.41. The van der Waals surface area contributed by atoms with Crippen LogP contribution in [-0.4, -0.2) is 69.2 Å². The monoisotopic (exact) mass is 508 g/mol. The van der Waals surface area contributed by atoms with Crippen LogP contribution in [0.3, 0.4) is 0 Å². The van der Waals surface area contributed by atoms with E-state index < -0.39 is 24.3 Å². The van der Waals surface area contributed by atoms with Gasteiger partial charge in [0, 0.05) is 25.4 Å². The largest absolute Gasteiger partial charge is 0.494 e. The van der Waals surface area contributed by atoms with Crippen molar-refractivity contribution in [3.8, 4) is 17.1 Å². The Bertz CT molecular complexity index is 1250. The van der Waals surface area contributed by atoms with Crippen LogP contribution in [0.4, 0.5) is 16.0 Å². The Balaban J connectivity index is 1.44. The van der Waals surface area contributed by atoms with E-state index in [1.165, 1.54) is 12.3 Å². The average molecular weight is 508 g/mol. The van der Waals surface area contributed by atoms with Crippen LogP contribution in [0.2, 0.25) is 0 Å². The van der Waals surface area contributed by atoms with Crippen LogP contribution in [0.25, 0.3) is 11.4 Å². The fraction of sp³-hybridized carbons (Fsp3) is 0.500. The van der Waals surface area contributed by atoms with E-state index >= 15 is 0 Å². The van der Waals surface area contributed by atoms with Crippen LogP contribution in [0, 0.1) is 5.95 Å². The number of nitrogens with zero attached hydrogens (tertiary/aromatic N) is 5. The summed E-state index contributed by atoms with van der Waals surface area (Å²) in [6.07, 6.45) is 3.55. The van der Waals surface area contributed by atoms with Gasteiger partial charge in [0.05, 0.1) is 16.9 Å². The molecule has 11 heteroatoms. The van der Waals surface area contributed by atoms with Gasteiger partial charge >= 0.3 is 7.12 Å². The predicted molar refractivity (Wildman–Crippen MR) is 141 cm³/mol. The highest BCUT2D eigenvalue weighted by molar-refractivity contribution is 6.62. The van der Waals surface area contributed by atoms with E-state index in [1.807, 2.05) is 45.9 Å². The van der Waals surface area contributed by atoms with Crippen LogP contribution in [0.15, 0.2) is 36.5 Å². The van der Waals surface area contributed by atoms with Crippen molar-refractivity contribution >= 4 is 24.2 Å². The standard InChI is InChI=1S/C26H34BFN6O3/c1-25(2)26(3,4)37-27(36-25)18-10-11-20(21(14-18)35-19-8-7-13-33(5)16-19)30-24-31-23(32-34(24)6)17-9-12-22(28)29-15-17/h9-12,14-15,19H,7-8,13,16H2,1-6H3,(H,30,31,32). The minimum absolute atomic E-state index is 0.0631. The molecule has 0 radical (unpaired) electrons. The third-order valence-corrected chi connectivity index (χ3v) is 7.40. The zero-order valence-electron chi connectivity index (χ0n) is 22.3. The Morgan fingerprint density at radius 3 is 2.54 bits per heavy atom. The molecule has 0 spiro atoms. The van der Waals surface area contributed by atoms with Gasteiger partial charge in [0.25, 0.3) is 0 Å². The first-order chi connectivity index (χ1) is 17.5. The highest BCUT2D eigenvalue weighted by Crippen LogP contribution is 2.37. The first kappa shape index (κ1) is 25.6. The van der Waals surface area contributed by atoms with Gasteiger partial charge in [-0.3, -0.25) is 0 Å². The van der Waals surface area contributed by atoms with Gasteiger partial charge in [-0.25, -0.2) is 9.67 Å². The summed E-state index contributed by atoms with van der Waals surface area (Å²) in [6.45, 7) is 10.1. The molecule has 2 aromatic heterocycles. The number of likely N-dealkylation sites (tertiary alicyclic amines) is 1. The number of ether oxygens (including phenoxy) is 1. The zero-order chi connectivity index (χ0) is 26.4. The van der Waals surface area contributed by atoms with Gasteiger partial charge < -0.3 is 24.3 Å². The molecule has 5 rings (SSSR count). The highest BCUT2D eigenvalue weighted by Gasteiger charge is 2.51. The Morgan fingerprint density at radius 1 is 1.11 bits per heavy atom. The molecule has 1 atom stereocenters. The van der Waals surface area contributed by atoms with Gasteiger partial charge in [-0.1, -0.05) is 6.07 Å². The summed E-state index contributed by atoms with van der Waals surface area (Å²) in [4.78, 5) is 10.6. The molecular formula is C26H34BFN6O3. The number of aryl methyl sites for hydroxylation is 1. The predicted octanol–water partition coefficient (Wildman–Crippen LogP) is 3.53. The van der Waals surface area contributed by atoms with Crippen molar-refractivity contribution in [1.82, 2.24) is 24.6 Å². The maximum atomic E-state index is 13.3. The number of rotatable bonds is 6. The zero-order valence-corrected chi connectivity index (χ0v) is 22.3. The lowest BCUT2D eigenvalue weighted by Gasteiger charge is -2.32. The lowest BCUT2D eigenvalue weighted by atomic mass is 9.79. The Hall–Kier alpha value is -3.02. The highest BCUT2D eigenvalue weighted by atomic mass is 19.1. The Kier molecular flexibility index (Phi) is 6.72. The number of anilines is 2. The smallest absolute Gasteiger partial charge is 0.487 e. The van der Waals surface area contributed by atoms with E-state index in [-0.39, 0.29) is 6.10 Å². The maximum Gasteiger partial charge on any atom is 0.494 e. The molecule has 2 aliphatic heterocycles. The molecule has 4 heterocycles. The van der Waals surface area contributed by atoms with Crippen molar-refractivity contribution in [2.45, 2.75) is 57.8 Å². The molecule has 2 aliphatic rings. The molecule has 0 bridgehead atoms. The number of piperidine rings is 1. The second kappa shape index (κ2) is 9.70. The maximum absolute atomic E-state index is 13.3. The van der Waals surface area contributed by atoms with Crippen LogP contribution in [-0.2, 0) is 16.4 Å². The number of pyridine rings is 1. The number of hydrogen-bond donors (Lipinski definition) is 1. The minimum atomic E-state index is -0.546. The summed E-state index contributed by atoms with van der Waals surface area (Å²) in [5, 5.41) is 7.84. The lowest BCUT2D eigenvalue weighted by molar-refractivity contribution is 0.00578. The molecule has 1 N–H and O–H groups in total. The first-order valence-corrected chi connectivity index (χ1v) is 12.7. The fourth-order valence-electron chi connectivity index (χ4n) is 4.50. The molecule has 0 aliphatic carbocycles. The molecule has 1 unspecified atom stereocenters. The van der Waals surface area contributed by atoms with Crippen LogP contribution >= 0.6 is 0 Å². The van der Waals surface area contributed by atoms with E-state index in [4.69, 9.17) is 14.0 Å². The van der Waals surface area contributed by atoms with Crippen molar-refractivity contribution in [3.63, 3.8) is 0 Å². The van der Waals surface area contributed by atoms with Gasteiger partial charge in [0.1, 0.15) is 11.9 Å². The van der Waals surface area contributed by atoms with Gasteiger partial charge in [-0.15, -0.1) is 5.10 Å². The average Bonchev–Trinajstić information content (AvgIpc) is 3.30. The van der Waals surface area contributed by atoms with Gasteiger partial charge in [-0.2, -0.15) is 9.37 Å². The van der Waals surface area contributed by atoms with Crippen LogP contribution in [0.1, 0.15) is 40.5 Å². The second-order valence-corrected chi connectivity index (χ2v) is 10.9. The molecule has 37 heavy (non-hydrogen) atoms. The van der Waals surface area contributed by atoms with Crippen molar-refractivity contribution in [1.29, 1.82) is 0 Å². The summed E-state index contributed by atoms with van der Waals surface area (Å²) in [5.41, 5.74) is 1.40. The number of likely N-dealkylation sites (N-methyl/N-ethyl adjacent to an activating group) is 1. The molecule has 1 aromatic carbocycles. The number of hydrogen-bond acceptors (Lipinski definition) is 8. The van der Waals surface area contributed by atoms with Crippen molar-refractivity contribution in [2.75, 3.05) is 25.5 Å². The summed E-state index contributed by atoms with van der Waals surface area (Å²) < 4.78 is 34.0. The van der Waals surface area contributed by atoms with Crippen molar-refractivity contribution in [2.24, 2.45) is 7.05 Å². The molecule has 2 saturated heterocycles. The van der Waals surface area contributed by atoms with Gasteiger partial charge in [-0.05, 0) is 83.9 Å². The Morgan fingerprint density at radius 2 is 1.86 bits per heavy atom. The minimum Gasteiger partial charge on any atom is -0.487 e. The Labute approximate surface area is 217 Å². The van der Waals surface area contributed by atoms with E-state index in [9.17, 15) is 4.39 Å². The third kappa shape index (κ3) is 5.34. The molecule has 9 nitrogen and oxygen atoms in total. The quantitative estimate of drug-likeness (QED) is 0.400. The number of benzene rings is 1. The molecule has 0 saturated carbocycles. The summed E-state index contributed by atoms with van der Waals surface area (Å²) in [5.74, 6) is 1.12. The molecule has 196 valence electrons. The number of nitrogens with one attached hydrogen (secondary N) is 1. The first-order valence-electron chi connectivity index (χ1n) is 12.7. The summed E-state index contributed by atoms with van der Waals surface area (Å²) in [7, 11) is 3.41. The van der Waals surface area contributed by atoms with E-state index in [0.717, 1.165) is 37.1 Å². The summed E-state index contributed by atoms with van der Waals surface area (Å²) >= 11 is 0. The third-order valence-electron chi connectivity index (χ3n) is 7.40. The van der Waals surface area contributed by atoms with E-state index in [0.29, 0.717) is 23.1 Å². The second-order valence-electron chi connectivity index (χ2n) is 10.9. The van der Waals surface area contributed by atoms with Crippen molar-refractivity contribution in [3.05, 3.63) is 42.5 Å². The van der Waals surface area contributed by atoms with Gasteiger partial charge in [0.2, 0.25) is 11.9 Å². The van der Waals surface area contributed by atoms with Crippen molar-refractivity contribution < 1.29 is 18.4 Å². The summed E-state index contributed by atoms with van der Waals surface area (Å²) in [6, 6.07) is 8.82. The molecule has 3 aromatic rings. The molecular weight excluding hydrogens is 474 g/mol.